The molecule has 0 bridgehead atoms. The molecule has 0 fully saturated rings. The van der Waals surface area contributed by atoms with Gasteiger partial charge in [0.2, 0.25) is 0 Å². The van der Waals surface area contributed by atoms with Gasteiger partial charge in [0, 0.05) is 5.70 Å². The maximum atomic E-state index is 12.3. The zero-order chi connectivity index (χ0) is 26.9. The third-order valence-corrected chi connectivity index (χ3v) is 5.27. The lowest BCUT2D eigenvalue weighted by atomic mass is 9.95. The second-order valence-corrected chi connectivity index (χ2v) is 7.84. The van der Waals surface area contributed by atoms with Crippen molar-refractivity contribution in [2.75, 3.05) is 20.3 Å². The van der Waals surface area contributed by atoms with E-state index in [1.165, 1.54) is 25.5 Å². The number of esters is 1. The number of hydrazone groups is 1. The van der Waals surface area contributed by atoms with E-state index in [0.29, 0.717) is 34.9 Å². The summed E-state index contributed by atoms with van der Waals surface area (Å²) >= 11 is 0. The van der Waals surface area contributed by atoms with E-state index in [0.717, 1.165) is 0 Å². The maximum absolute atomic E-state index is 12.3. The van der Waals surface area contributed by atoms with Gasteiger partial charge in [-0.15, -0.1) is 0 Å². The van der Waals surface area contributed by atoms with Crippen LogP contribution in [0.5, 0.6) is 11.5 Å². The molecule has 0 aromatic heterocycles. The number of benzene rings is 2. The van der Waals surface area contributed by atoms with Gasteiger partial charge in [0.25, 0.3) is 0 Å². The van der Waals surface area contributed by atoms with E-state index in [2.05, 4.69) is 21.2 Å². The van der Waals surface area contributed by atoms with E-state index in [4.69, 9.17) is 19.3 Å². The molecule has 0 radical (unpaired) electrons. The lowest BCUT2D eigenvalue weighted by Gasteiger charge is -2.28. The van der Waals surface area contributed by atoms with E-state index < -0.39 is 30.2 Å². The van der Waals surface area contributed by atoms with Gasteiger partial charge in [-0.1, -0.05) is 18.2 Å². The Morgan fingerprint density at radius 2 is 1.89 bits per heavy atom. The van der Waals surface area contributed by atoms with Crippen LogP contribution in [0.15, 0.2) is 58.8 Å². The molecule has 37 heavy (non-hydrogen) atoms. The van der Waals surface area contributed by atoms with Crippen LogP contribution in [0.4, 0.5) is 4.79 Å². The summed E-state index contributed by atoms with van der Waals surface area (Å²) in [5, 5.41) is 28.3. The van der Waals surface area contributed by atoms with Gasteiger partial charge >= 0.3 is 18.0 Å². The van der Waals surface area contributed by atoms with Crippen LogP contribution < -0.4 is 25.5 Å². The van der Waals surface area contributed by atoms with Gasteiger partial charge in [-0.2, -0.15) is 5.10 Å². The maximum Gasteiger partial charge on any atom is 0.337 e. The fourth-order valence-electron chi connectivity index (χ4n) is 3.53. The first-order chi connectivity index (χ1) is 17.7. The number of nitrogens with zero attached hydrogens (tertiary/aromatic N) is 1. The van der Waals surface area contributed by atoms with E-state index >= 15 is 0 Å². The number of carbonyl (C=O) groups is 3. The van der Waals surface area contributed by atoms with Crippen molar-refractivity contribution in [1.82, 2.24) is 16.1 Å². The molecule has 0 unspecified atom stereocenters. The average Bonchev–Trinajstić information content (AvgIpc) is 2.87. The minimum absolute atomic E-state index is 0.157. The number of nitrogens with one attached hydrogen (secondary N) is 3. The molecular formula is C25H28N4O8. The van der Waals surface area contributed by atoms with Gasteiger partial charge in [0.1, 0.15) is 6.61 Å². The van der Waals surface area contributed by atoms with E-state index in [1.807, 2.05) is 0 Å². The Hall–Kier alpha value is -4.58. The molecule has 2 aromatic carbocycles. The van der Waals surface area contributed by atoms with Crippen LogP contribution in [0.1, 0.15) is 41.4 Å². The summed E-state index contributed by atoms with van der Waals surface area (Å²) in [5.41, 5.74) is 4.53. The third kappa shape index (κ3) is 6.98. The summed E-state index contributed by atoms with van der Waals surface area (Å²) in [7, 11) is 1.26. The number of aliphatic hydroxyl groups is 1. The van der Waals surface area contributed by atoms with Crippen LogP contribution in [-0.4, -0.2) is 60.9 Å². The van der Waals surface area contributed by atoms with Crippen molar-refractivity contribution in [3.05, 3.63) is 70.4 Å². The molecule has 196 valence electrons. The summed E-state index contributed by atoms with van der Waals surface area (Å²) < 4.78 is 16.3. The molecule has 0 aliphatic carbocycles. The Balaban J connectivity index is 1.68. The minimum atomic E-state index is -1.16. The molecule has 1 aliphatic heterocycles. The van der Waals surface area contributed by atoms with E-state index in [-0.39, 0.29) is 17.7 Å². The molecule has 0 saturated carbocycles. The second-order valence-electron chi connectivity index (χ2n) is 7.84. The Morgan fingerprint density at radius 1 is 1.16 bits per heavy atom. The zero-order valence-corrected chi connectivity index (χ0v) is 20.5. The number of amides is 2. The number of methoxy groups -OCH3 is 1. The number of hydrogen-bond donors (Lipinski definition) is 5. The van der Waals surface area contributed by atoms with E-state index in [9.17, 15) is 19.5 Å². The topological polar surface area (TPSA) is 168 Å². The number of carboxylic acids is 1. The lowest BCUT2D eigenvalue weighted by molar-refractivity contribution is -0.136. The first-order valence-electron chi connectivity index (χ1n) is 11.3. The second kappa shape index (κ2) is 12.4. The normalized spacial score (nSPS) is 16.0. The highest BCUT2D eigenvalue weighted by Crippen LogP contribution is 2.34. The number of aliphatic hydroxyl groups excluding tert-OH is 1. The fourth-order valence-corrected chi connectivity index (χ4v) is 3.53. The first kappa shape index (κ1) is 27.0. The quantitative estimate of drug-likeness (QED) is 0.131. The number of hydrogen-bond acceptors (Lipinski definition) is 9. The molecule has 2 aromatic rings. The molecule has 0 saturated heterocycles. The molecule has 0 spiro atoms. The largest absolute Gasteiger partial charge is 0.490 e. The van der Waals surface area contributed by atoms with Crippen LogP contribution in [0, 0.1) is 0 Å². The summed E-state index contributed by atoms with van der Waals surface area (Å²) in [6.07, 6.45) is 0.265. The number of carboxylic acid groups (broad SMARTS) is 1. The lowest BCUT2D eigenvalue weighted by Crippen LogP contribution is -2.45. The fraction of sp³-hybridized carbons (Fsp3) is 0.280. The van der Waals surface area contributed by atoms with Crippen LogP contribution in [-0.2, 0) is 9.53 Å². The van der Waals surface area contributed by atoms with Crippen LogP contribution in [0.2, 0.25) is 0 Å². The minimum Gasteiger partial charge on any atom is -0.490 e. The molecule has 12 nitrogen and oxygen atoms in total. The Labute approximate surface area is 212 Å². The van der Waals surface area contributed by atoms with Crippen molar-refractivity contribution in [3.63, 3.8) is 0 Å². The van der Waals surface area contributed by atoms with Crippen molar-refractivity contribution < 1.29 is 38.8 Å². The summed E-state index contributed by atoms with van der Waals surface area (Å²) in [4.78, 5) is 35.3. The zero-order valence-electron chi connectivity index (χ0n) is 20.5. The summed E-state index contributed by atoms with van der Waals surface area (Å²) in [6, 6.07) is 9.76. The molecule has 12 heteroatoms. The average molecular weight is 513 g/mol. The molecule has 1 aliphatic rings. The van der Waals surface area contributed by atoms with Gasteiger partial charge in [0.05, 0.1) is 37.1 Å². The molecular weight excluding hydrogens is 484 g/mol. The molecule has 2 amide bonds. The van der Waals surface area contributed by atoms with Gasteiger partial charge in [-0.3, -0.25) is 5.43 Å². The van der Waals surface area contributed by atoms with Gasteiger partial charge < -0.3 is 35.1 Å². The predicted octanol–water partition coefficient (Wildman–Crippen LogP) is 1.91. The van der Waals surface area contributed by atoms with Crippen LogP contribution >= 0.6 is 0 Å². The monoisotopic (exact) mass is 512 g/mol. The highest BCUT2D eigenvalue weighted by Gasteiger charge is 2.32. The van der Waals surface area contributed by atoms with Crippen molar-refractivity contribution in [1.29, 1.82) is 0 Å². The Kier molecular flexibility index (Phi) is 9.05. The molecule has 1 heterocycles. The van der Waals surface area contributed by atoms with Crippen molar-refractivity contribution in [2.45, 2.75) is 26.1 Å². The summed E-state index contributed by atoms with van der Waals surface area (Å²) in [5.74, 6) is -0.922. The first-order valence-corrected chi connectivity index (χ1v) is 11.3. The summed E-state index contributed by atoms with van der Waals surface area (Å²) in [6.45, 7) is 3.55. The van der Waals surface area contributed by atoms with Crippen LogP contribution in [0.25, 0.3) is 0 Å². The number of rotatable bonds is 11. The molecule has 2 atom stereocenters. The van der Waals surface area contributed by atoms with Crippen LogP contribution in [0.3, 0.4) is 0 Å². The van der Waals surface area contributed by atoms with Gasteiger partial charge in [0.15, 0.2) is 17.7 Å². The van der Waals surface area contributed by atoms with Gasteiger partial charge in [-0.05, 0) is 49.2 Å². The number of ether oxygens (including phenoxy) is 3. The number of urea groups is 1. The van der Waals surface area contributed by atoms with Gasteiger partial charge in [-0.25, -0.2) is 14.4 Å². The van der Waals surface area contributed by atoms with E-state index in [1.54, 1.807) is 44.2 Å². The molecule has 3 rings (SSSR count). The predicted molar refractivity (Wildman–Crippen MR) is 132 cm³/mol. The van der Waals surface area contributed by atoms with Crippen molar-refractivity contribution in [3.8, 4) is 11.5 Å². The highest BCUT2D eigenvalue weighted by molar-refractivity contribution is 5.95. The molecule has 5 N–H and O–H groups in total. The number of aromatic carboxylic acids is 1. The number of allylic oxidation sites excluding steroid dienone is 1. The van der Waals surface area contributed by atoms with Crippen molar-refractivity contribution >= 4 is 24.2 Å². The van der Waals surface area contributed by atoms with Crippen molar-refractivity contribution in [2.24, 2.45) is 5.10 Å². The Bertz CT molecular complexity index is 1210. The SMILES string of the molecule is CCOc1cc([C@H]2NC(=O)NC(C)=C2C(=O)OC)ccc1OC[C@H](O)N/N=C\c1ccc(C(=O)O)cc1. The standard InChI is InChI=1S/C25H28N4O8/c1-4-36-19-11-17(22-21(24(33)35-3)14(2)27-25(34)28-22)9-10-18(19)37-13-20(30)29-26-12-15-5-7-16(8-6-15)23(31)32/h5-12,20,22,29-30H,4,13H2,1-3H3,(H,31,32)(H2,27,28,34)/b26-12-/t20-,22+/m0/s1. The smallest absolute Gasteiger partial charge is 0.337 e. The third-order valence-electron chi connectivity index (χ3n) is 5.27. The highest BCUT2D eigenvalue weighted by atomic mass is 16.5. The number of carbonyl (C=O) groups excluding carboxylic acids is 2. The Morgan fingerprint density at radius 3 is 2.54 bits per heavy atom.